The molecule has 4 rings (SSSR count). The van der Waals surface area contributed by atoms with Gasteiger partial charge in [0.05, 0.1) is 31.0 Å². The van der Waals surface area contributed by atoms with Crippen molar-refractivity contribution in [3.63, 3.8) is 0 Å². The van der Waals surface area contributed by atoms with Crippen LogP contribution in [0, 0.1) is 11.8 Å². The van der Waals surface area contributed by atoms with Crippen LogP contribution in [-0.4, -0.2) is 87.8 Å². The Morgan fingerprint density at radius 2 is 1.81 bits per heavy atom. The average Bonchev–Trinajstić information content (AvgIpc) is 3.16. The molecule has 26 heavy (non-hydrogen) atoms. The van der Waals surface area contributed by atoms with Crippen LogP contribution in [0.4, 0.5) is 0 Å². The first-order chi connectivity index (χ1) is 12.5. The predicted octanol–water partition coefficient (Wildman–Crippen LogP) is -2.87. The summed E-state index contributed by atoms with van der Waals surface area (Å²) >= 11 is 0. The SMILES string of the molecule is O=C1O[C@@H]2C=C(CO)[C@H]3[C@H](O[C@@H]4O[C@H](CO)[C@@H](O)[C@H](O)[C@H]4O)OC=C1[C@H]32. The normalized spacial score (nSPS) is 47.0. The maximum atomic E-state index is 11.8. The molecule has 5 N–H and O–H groups in total. The molecule has 3 heterocycles. The van der Waals surface area contributed by atoms with Crippen molar-refractivity contribution in [1.29, 1.82) is 0 Å². The zero-order valence-electron chi connectivity index (χ0n) is 13.5. The highest BCUT2D eigenvalue weighted by Gasteiger charge is 2.56. The van der Waals surface area contributed by atoms with E-state index in [-0.39, 0.29) is 12.5 Å². The van der Waals surface area contributed by atoms with Crippen molar-refractivity contribution in [3.05, 3.63) is 23.5 Å². The lowest BCUT2D eigenvalue weighted by molar-refractivity contribution is -0.339. The van der Waals surface area contributed by atoms with Gasteiger partial charge in [-0.1, -0.05) is 0 Å². The Morgan fingerprint density at radius 1 is 1.04 bits per heavy atom. The van der Waals surface area contributed by atoms with Crippen LogP contribution in [0.15, 0.2) is 23.5 Å². The molecule has 0 aromatic carbocycles. The highest BCUT2D eigenvalue weighted by atomic mass is 16.8. The van der Waals surface area contributed by atoms with E-state index in [9.17, 15) is 30.3 Å². The van der Waals surface area contributed by atoms with Crippen molar-refractivity contribution in [2.75, 3.05) is 13.2 Å². The van der Waals surface area contributed by atoms with E-state index in [0.29, 0.717) is 11.1 Å². The second kappa shape index (κ2) is 6.57. The first-order valence-electron chi connectivity index (χ1n) is 8.30. The topological polar surface area (TPSA) is 155 Å². The van der Waals surface area contributed by atoms with Gasteiger partial charge in [0.1, 0.15) is 30.5 Å². The minimum absolute atomic E-state index is 0.291. The monoisotopic (exact) mass is 372 g/mol. The van der Waals surface area contributed by atoms with Gasteiger partial charge in [0.15, 0.2) is 6.29 Å². The van der Waals surface area contributed by atoms with Crippen LogP contribution in [-0.2, 0) is 23.7 Å². The zero-order chi connectivity index (χ0) is 18.6. The van der Waals surface area contributed by atoms with Crippen LogP contribution in [0.5, 0.6) is 0 Å². The third-order valence-electron chi connectivity index (χ3n) is 5.31. The van der Waals surface area contributed by atoms with E-state index >= 15 is 0 Å². The number of aliphatic hydroxyl groups is 5. The molecule has 0 unspecified atom stereocenters. The summed E-state index contributed by atoms with van der Waals surface area (Å²) < 4.78 is 21.7. The Bertz CT molecular complexity index is 643. The third kappa shape index (κ3) is 2.57. The van der Waals surface area contributed by atoms with E-state index < -0.39 is 61.6 Å². The van der Waals surface area contributed by atoms with Crippen LogP contribution < -0.4 is 0 Å². The molecule has 3 aliphatic heterocycles. The summed E-state index contributed by atoms with van der Waals surface area (Å²) in [6.45, 7) is -0.876. The fourth-order valence-electron chi connectivity index (χ4n) is 3.95. The Labute approximate surface area is 147 Å². The van der Waals surface area contributed by atoms with Crippen molar-refractivity contribution in [3.8, 4) is 0 Å². The quantitative estimate of drug-likeness (QED) is 0.257. The highest BCUT2D eigenvalue weighted by molar-refractivity contribution is 5.92. The van der Waals surface area contributed by atoms with Crippen molar-refractivity contribution >= 4 is 5.97 Å². The highest BCUT2D eigenvalue weighted by Crippen LogP contribution is 2.48. The lowest BCUT2D eigenvalue weighted by atomic mass is 9.84. The van der Waals surface area contributed by atoms with E-state index in [0.717, 1.165) is 0 Å². The van der Waals surface area contributed by atoms with Gasteiger partial charge >= 0.3 is 5.97 Å². The van der Waals surface area contributed by atoms with Crippen LogP contribution >= 0.6 is 0 Å². The van der Waals surface area contributed by atoms with Crippen LogP contribution in [0.3, 0.4) is 0 Å². The van der Waals surface area contributed by atoms with E-state index in [1.54, 1.807) is 6.08 Å². The molecule has 0 aromatic heterocycles. The van der Waals surface area contributed by atoms with Crippen molar-refractivity contribution in [1.82, 2.24) is 0 Å². The fourth-order valence-corrected chi connectivity index (χ4v) is 3.95. The summed E-state index contributed by atoms with van der Waals surface area (Å²) in [6, 6.07) is 0. The summed E-state index contributed by atoms with van der Waals surface area (Å²) in [5.41, 5.74) is 0.904. The summed E-state index contributed by atoms with van der Waals surface area (Å²) in [4.78, 5) is 11.8. The second-order valence-electron chi connectivity index (χ2n) is 6.73. The summed E-state index contributed by atoms with van der Waals surface area (Å²) in [6.07, 6.45) is -5.84. The predicted molar refractivity (Wildman–Crippen MR) is 79.8 cm³/mol. The lowest BCUT2D eigenvalue weighted by Gasteiger charge is -2.42. The molecule has 1 aliphatic carbocycles. The summed E-state index contributed by atoms with van der Waals surface area (Å²) in [5.74, 6) is -1.42. The summed E-state index contributed by atoms with van der Waals surface area (Å²) in [7, 11) is 0. The number of carbonyl (C=O) groups excluding carboxylic acids is 1. The lowest BCUT2D eigenvalue weighted by Crippen LogP contribution is -2.60. The number of aliphatic hydroxyl groups excluding tert-OH is 5. The van der Waals surface area contributed by atoms with Gasteiger partial charge in [0.25, 0.3) is 0 Å². The minimum Gasteiger partial charge on any atom is -0.471 e. The van der Waals surface area contributed by atoms with Gasteiger partial charge in [-0.15, -0.1) is 0 Å². The number of carbonyl (C=O) groups is 1. The fraction of sp³-hybridized carbons (Fsp3) is 0.688. The number of esters is 1. The number of hydrogen-bond donors (Lipinski definition) is 5. The minimum atomic E-state index is -1.58. The molecule has 2 fully saturated rings. The maximum Gasteiger partial charge on any atom is 0.338 e. The number of hydrogen-bond acceptors (Lipinski definition) is 10. The van der Waals surface area contributed by atoms with Gasteiger partial charge in [-0.05, 0) is 11.6 Å². The average molecular weight is 372 g/mol. The second-order valence-corrected chi connectivity index (χ2v) is 6.73. The largest absolute Gasteiger partial charge is 0.471 e. The zero-order valence-corrected chi connectivity index (χ0v) is 13.5. The first-order valence-corrected chi connectivity index (χ1v) is 8.30. The van der Waals surface area contributed by atoms with E-state index in [4.69, 9.17) is 18.9 Å². The van der Waals surface area contributed by atoms with Gasteiger partial charge < -0.3 is 44.5 Å². The molecule has 0 aromatic rings. The molecular weight excluding hydrogens is 352 g/mol. The molecule has 4 aliphatic rings. The molecule has 0 spiro atoms. The van der Waals surface area contributed by atoms with E-state index in [2.05, 4.69) is 0 Å². The standard InChI is InChI=1S/C16H20O10/c17-2-5-1-7-10-6(14(22)24-7)4-23-15(9(5)10)26-16-13(21)12(20)11(19)8(3-18)25-16/h1,4,7-13,15-21H,2-3H2/t7-,8-,9-,10+,11-,12+,13-,15+,16+/m1/s1. The Morgan fingerprint density at radius 3 is 2.50 bits per heavy atom. The van der Waals surface area contributed by atoms with Crippen molar-refractivity contribution in [2.45, 2.75) is 43.1 Å². The Balaban J connectivity index is 1.56. The third-order valence-corrected chi connectivity index (χ3v) is 5.31. The smallest absolute Gasteiger partial charge is 0.338 e. The number of rotatable bonds is 4. The Hall–Kier alpha value is -1.53. The van der Waals surface area contributed by atoms with E-state index in [1.807, 2.05) is 0 Å². The van der Waals surface area contributed by atoms with Crippen LogP contribution in [0.1, 0.15) is 0 Å². The van der Waals surface area contributed by atoms with Crippen molar-refractivity contribution < 1.29 is 49.3 Å². The molecule has 10 heteroatoms. The van der Waals surface area contributed by atoms with E-state index in [1.165, 1.54) is 6.26 Å². The van der Waals surface area contributed by atoms with Gasteiger partial charge in [0, 0.05) is 5.92 Å². The molecule has 0 radical (unpaired) electrons. The molecule has 0 bridgehead atoms. The summed E-state index contributed by atoms with van der Waals surface area (Å²) in [5, 5.41) is 48.7. The molecule has 9 atom stereocenters. The van der Waals surface area contributed by atoms with Gasteiger partial charge in [0.2, 0.25) is 6.29 Å². The first kappa shape index (κ1) is 17.9. The Kier molecular flexibility index (Phi) is 4.51. The van der Waals surface area contributed by atoms with Gasteiger partial charge in [-0.3, -0.25) is 0 Å². The van der Waals surface area contributed by atoms with Gasteiger partial charge in [-0.2, -0.15) is 0 Å². The number of ether oxygens (including phenoxy) is 4. The molecule has 10 nitrogen and oxygen atoms in total. The van der Waals surface area contributed by atoms with Gasteiger partial charge in [-0.25, -0.2) is 4.79 Å². The molecule has 0 saturated carbocycles. The van der Waals surface area contributed by atoms with Crippen LogP contribution in [0.2, 0.25) is 0 Å². The molecule has 2 saturated heterocycles. The molecule has 144 valence electrons. The molecule has 0 amide bonds. The maximum absolute atomic E-state index is 11.8. The van der Waals surface area contributed by atoms with Crippen LogP contribution in [0.25, 0.3) is 0 Å². The van der Waals surface area contributed by atoms with Crippen molar-refractivity contribution in [2.24, 2.45) is 11.8 Å². The molecular formula is C16H20O10.